The number of aromatic nitrogens is 1. The monoisotopic (exact) mass is 357 g/mol. The van der Waals surface area contributed by atoms with E-state index in [0.29, 0.717) is 6.54 Å². The normalized spacial score (nSPS) is 10.7. The Bertz CT molecular complexity index is 649. The molecule has 0 radical (unpaired) electrons. The van der Waals surface area contributed by atoms with Crippen molar-refractivity contribution in [1.29, 1.82) is 0 Å². The van der Waals surface area contributed by atoms with Gasteiger partial charge in [0.2, 0.25) is 0 Å². The number of benzene rings is 1. The van der Waals surface area contributed by atoms with Crippen LogP contribution in [0.25, 0.3) is 0 Å². The molecule has 2 nitrogen and oxygen atoms in total. The average molecular weight is 357 g/mol. The maximum atomic E-state index is 13.0. The zero-order valence-corrected chi connectivity index (χ0v) is 12.4. The molecule has 1 aromatic heterocycles. The van der Waals surface area contributed by atoms with Crippen molar-refractivity contribution in [3.63, 3.8) is 0 Å². The Hall–Kier alpha value is -1.17. The second-order valence-corrected chi connectivity index (χ2v) is 5.50. The Balaban J connectivity index is 2.40. The lowest BCUT2D eigenvalue weighted by Gasteiger charge is -2.10. The second kappa shape index (κ2) is 5.22. The molecular formula is C14H13FINO. The molecule has 18 heavy (non-hydrogen) atoms. The smallest absolute Gasteiger partial charge is 0.251 e. The molecule has 0 spiro atoms. The Labute approximate surface area is 119 Å². The molecule has 0 aliphatic heterocycles. The predicted octanol–water partition coefficient (Wildman–Crippen LogP) is 3.26. The molecule has 0 aliphatic carbocycles. The van der Waals surface area contributed by atoms with Crippen LogP contribution in [0.3, 0.4) is 0 Å². The molecule has 2 rings (SSSR count). The summed E-state index contributed by atoms with van der Waals surface area (Å²) in [6, 6.07) is 6.26. The van der Waals surface area contributed by atoms with Gasteiger partial charge >= 0.3 is 0 Å². The van der Waals surface area contributed by atoms with E-state index in [1.54, 1.807) is 16.7 Å². The lowest BCUT2D eigenvalue weighted by atomic mass is 10.1. The van der Waals surface area contributed by atoms with Crippen molar-refractivity contribution < 1.29 is 4.39 Å². The molecule has 0 amide bonds. The molecule has 0 aliphatic rings. The summed E-state index contributed by atoms with van der Waals surface area (Å²) in [4.78, 5) is 11.9. The molecule has 0 saturated heterocycles. The van der Waals surface area contributed by atoms with Crippen LogP contribution in [0.5, 0.6) is 0 Å². The van der Waals surface area contributed by atoms with E-state index in [2.05, 4.69) is 22.6 Å². The minimum Gasteiger partial charge on any atom is -0.310 e. The topological polar surface area (TPSA) is 22.0 Å². The van der Waals surface area contributed by atoms with Crippen molar-refractivity contribution in [3.8, 4) is 0 Å². The van der Waals surface area contributed by atoms with Crippen molar-refractivity contribution in [2.24, 2.45) is 0 Å². The molecule has 0 saturated carbocycles. The zero-order chi connectivity index (χ0) is 13.3. The SMILES string of the molecule is Cc1cc(=O)n(Cc2ccc(F)cc2C)cc1I. The number of rotatable bonds is 2. The van der Waals surface area contributed by atoms with Crippen LogP contribution in [0.15, 0.2) is 35.3 Å². The fourth-order valence-corrected chi connectivity index (χ4v) is 2.28. The lowest BCUT2D eigenvalue weighted by Crippen LogP contribution is -2.20. The lowest BCUT2D eigenvalue weighted by molar-refractivity contribution is 0.624. The van der Waals surface area contributed by atoms with Crippen LogP contribution in [0.4, 0.5) is 4.39 Å². The molecule has 0 atom stereocenters. The summed E-state index contributed by atoms with van der Waals surface area (Å²) in [5.74, 6) is -0.248. The van der Waals surface area contributed by atoms with Gasteiger partial charge in [0.25, 0.3) is 5.56 Å². The number of halogens is 2. The summed E-state index contributed by atoms with van der Waals surface area (Å²) in [6.07, 6.45) is 1.83. The molecule has 2 aromatic rings. The summed E-state index contributed by atoms with van der Waals surface area (Å²) in [6.45, 7) is 4.24. The predicted molar refractivity (Wildman–Crippen MR) is 78.4 cm³/mol. The van der Waals surface area contributed by atoms with Gasteiger partial charge in [-0.05, 0) is 65.3 Å². The van der Waals surface area contributed by atoms with E-state index in [1.807, 2.05) is 20.0 Å². The van der Waals surface area contributed by atoms with Crippen molar-refractivity contribution >= 4 is 22.6 Å². The van der Waals surface area contributed by atoms with Crippen LogP contribution >= 0.6 is 22.6 Å². The van der Waals surface area contributed by atoms with Crippen molar-refractivity contribution in [1.82, 2.24) is 4.57 Å². The van der Waals surface area contributed by atoms with Crippen molar-refractivity contribution in [3.05, 3.63) is 66.9 Å². The number of hydrogen-bond acceptors (Lipinski definition) is 1. The first-order valence-electron chi connectivity index (χ1n) is 5.59. The van der Waals surface area contributed by atoms with Gasteiger partial charge in [0.05, 0.1) is 6.54 Å². The third-order valence-electron chi connectivity index (χ3n) is 2.91. The number of pyridine rings is 1. The minimum atomic E-state index is -0.248. The fraction of sp³-hybridized carbons (Fsp3) is 0.214. The zero-order valence-electron chi connectivity index (χ0n) is 10.2. The van der Waals surface area contributed by atoms with Gasteiger partial charge in [0.1, 0.15) is 5.82 Å². The number of hydrogen-bond donors (Lipinski definition) is 0. The van der Waals surface area contributed by atoms with Gasteiger partial charge in [-0.3, -0.25) is 4.79 Å². The molecule has 0 bridgehead atoms. The number of aryl methyl sites for hydroxylation is 2. The van der Waals surface area contributed by atoms with Crippen molar-refractivity contribution in [2.45, 2.75) is 20.4 Å². The Morgan fingerprint density at radius 3 is 2.61 bits per heavy atom. The van der Waals surface area contributed by atoms with E-state index in [0.717, 1.165) is 20.3 Å². The third-order valence-corrected chi connectivity index (χ3v) is 4.04. The van der Waals surface area contributed by atoms with Gasteiger partial charge in [-0.1, -0.05) is 6.07 Å². The molecular weight excluding hydrogens is 344 g/mol. The summed E-state index contributed by atoms with van der Waals surface area (Å²) < 4.78 is 15.7. The van der Waals surface area contributed by atoms with Gasteiger partial charge in [-0.15, -0.1) is 0 Å². The molecule has 94 valence electrons. The highest BCUT2D eigenvalue weighted by Gasteiger charge is 2.05. The van der Waals surface area contributed by atoms with E-state index in [9.17, 15) is 9.18 Å². The van der Waals surface area contributed by atoms with Gasteiger partial charge < -0.3 is 4.57 Å². The summed E-state index contributed by atoms with van der Waals surface area (Å²) >= 11 is 2.20. The Kier molecular flexibility index (Phi) is 3.85. The van der Waals surface area contributed by atoms with E-state index in [-0.39, 0.29) is 11.4 Å². The second-order valence-electron chi connectivity index (χ2n) is 4.34. The first-order chi connectivity index (χ1) is 8.47. The summed E-state index contributed by atoms with van der Waals surface area (Å²) in [7, 11) is 0. The van der Waals surface area contributed by atoms with Crippen LogP contribution in [0, 0.1) is 23.2 Å². The van der Waals surface area contributed by atoms with Crippen LogP contribution in [0.2, 0.25) is 0 Å². The quantitative estimate of drug-likeness (QED) is 0.757. The van der Waals surface area contributed by atoms with Gasteiger partial charge in [0.15, 0.2) is 0 Å². The van der Waals surface area contributed by atoms with Crippen LogP contribution in [-0.2, 0) is 6.54 Å². The van der Waals surface area contributed by atoms with Crippen LogP contribution < -0.4 is 5.56 Å². The van der Waals surface area contributed by atoms with E-state index < -0.39 is 0 Å². The first-order valence-corrected chi connectivity index (χ1v) is 6.67. The average Bonchev–Trinajstić information content (AvgIpc) is 2.29. The largest absolute Gasteiger partial charge is 0.310 e. The maximum Gasteiger partial charge on any atom is 0.251 e. The standard InChI is InChI=1S/C14H13FINO/c1-9-5-12(15)4-3-11(9)7-17-8-13(16)10(2)6-14(17)18/h3-6,8H,7H2,1-2H3. The van der Waals surface area contributed by atoms with Gasteiger partial charge in [-0.25, -0.2) is 4.39 Å². The Morgan fingerprint density at radius 1 is 1.22 bits per heavy atom. The first kappa shape index (κ1) is 13.3. The maximum absolute atomic E-state index is 13.0. The highest BCUT2D eigenvalue weighted by Crippen LogP contribution is 2.13. The molecule has 1 aromatic carbocycles. The summed E-state index contributed by atoms with van der Waals surface area (Å²) in [5, 5.41) is 0. The summed E-state index contributed by atoms with van der Waals surface area (Å²) in [5.41, 5.74) is 2.76. The third kappa shape index (κ3) is 2.80. The van der Waals surface area contributed by atoms with Crippen LogP contribution in [0.1, 0.15) is 16.7 Å². The molecule has 0 N–H and O–H groups in total. The molecule has 4 heteroatoms. The Morgan fingerprint density at radius 2 is 1.94 bits per heavy atom. The molecule has 1 heterocycles. The van der Waals surface area contributed by atoms with Gasteiger partial charge in [-0.2, -0.15) is 0 Å². The highest BCUT2D eigenvalue weighted by atomic mass is 127. The minimum absolute atomic E-state index is 0.0309. The van der Waals surface area contributed by atoms with E-state index >= 15 is 0 Å². The highest BCUT2D eigenvalue weighted by molar-refractivity contribution is 14.1. The molecule has 0 unspecified atom stereocenters. The fourth-order valence-electron chi connectivity index (χ4n) is 1.78. The van der Waals surface area contributed by atoms with E-state index in [4.69, 9.17) is 0 Å². The van der Waals surface area contributed by atoms with E-state index in [1.165, 1.54) is 12.1 Å². The number of nitrogens with zero attached hydrogens (tertiary/aromatic N) is 1. The van der Waals surface area contributed by atoms with Crippen LogP contribution in [-0.4, -0.2) is 4.57 Å². The van der Waals surface area contributed by atoms with Gasteiger partial charge in [0, 0.05) is 15.8 Å². The molecule has 0 fully saturated rings. The van der Waals surface area contributed by atoms with Crippen molar-refractivity contribution in [2.75, 3.05) is 0 Å².